The average molecular weight is 183 g/mol. The standard InChI is InChI=1S/C10H17NO2/c1-7-6-9(4-5-13-7)11-10(12)8-2-3-8/h7-9H,2-6H2,1H3,(H,11,12). The van der Waals surface area contributed by atoms with Gasteiger partial charge in [-0.25, -0.2) is 0 Å². The third-order valence-corrected chi connectivity index (χ3v) is 2.78. The van der Waals surface area contributed by atoms with Crippen LogP contribution in [0.15, 0.2) is 0 Å². The molecule has 2 aliphatic rings. The molecule has 1 saturated carbocycles. The van der Waals surface area contributed by atoms with Gasteiger partial charge >= 0.3 is 0 Å². The highest BCUT2D eigenvalue weighted by Crippen LogP contribution is 2.29. The largest absolute Gasteiger partial charge is 0.378 e. The summed E-state index contributed by atoms with van der Waals surface area (Å²) in [5, 5.41) is 3.09. The molecule has 0 aromatic carbocycles. The second kappa shape index (κ2) is 3.66. The number of hydrogen-bond donors (Lipinski definition) is 1. The lowest BCUT2D eigenvalue weighted by atomic mass is 10.0. The lowest BCUT2D eigenvalue weighted by Gasteiger charge is -2.27. The Hall–Kier alpha value is -0.570. The number of carbonyl (C=O) groups is 1. The molecule has 0 aromatic heterocycles. The number of rotatable bonds is 2. The van der Waals surface area contributed by atoms with E-state index in [9.17, 15) is 4.79 Å². The highest BCUT2D eigenvalue weighted by Gasteiger charge is 2.31. The molecular formula is C10H17NO2. The van der Waals surface area contributed by atoms with Crippen molar-refractivity contribution in [1.82, 2.24) is 5.32 Å². The first-order chi connectivity index (χ1) is 6.25. The summed E-state index contributed by atoms with van der Waals surface area (Å²) in [6.45, 7) is 2.85. The van der Waals surface area contributed by atoms with Gasteiger partial charge in [0.15, 0.2) is 0 Å². The summed E-state index contributed by atoms with van der Waals surface area (Å²) in [6, 6.07) is 0.358. The summed E-state index contributed by atoms with van der Waals surface area (Å²) >= 11 is 0. The number of hydrogen-bond acceptors (Lipinski definition) is 2. The molecule has 1 N–H and O–H groups in total. The van der Waals surface area contributed by atoms with Crippen LogP contribution in [-0.2, 0) is 9.53 Å². The first-order valence-corrected chi connectivity index (χ1v) is 5.17. The van der Waals surface area contributed by atoms with E-state index >= 15 is 0 Å². The molecule has 74 valence electrons. The lowest BCUT2D eigenvalue weighted by molar-refractivity contribution is -0.123. The fourth-order valence-electron chi connectivity index (χ4n) is 1.79. The minimum atomic E-state index is 0.263. The van der Waals surface area contributed by atoms with Gasteiger partial charge in [-0.15, -0.1) is 0 Å². The van der Waals surface area contributed by atoms with Gasteiger partial charge in [0.05, 0.1) is 6.10 Å². The molecule has 2 fully saturated rings. The van der Waals surface area contributed by atoms with Crippen LogP contribution in [-0.4, -0.2) is 24.7 Å². The van der Waals surface area contributed by atoms with Gasteiger partial charge in [0, 0.05) is 18.6 Å². The van der Waals surface area contributed by atoms with Gasteiger partial charge in [0.25, 0.3) is 0 Å². The summed E-state index contributed by atoms with van der Waals surface area (Å²) < 4.78 is 5.41. The van der Waals surface area contributed by atoms with E-state index in [1.165, 1.54) is 0 Å². The maximum absolute atomic E-state index is 11.4. The zero-order valence-corrected chi connectivity index (χ0v) is 8.08. The van der Waals surface area contributed by atoms with Crippen LogP contribution in [0.1, 0.15) is 32.6 Å². The van der Waals surface area contributed by atoms with Gasteiger partial charge in [-0.3, -0.25) is 4.79 Å². The predicted octanol–water partition coefficient (Wildman–Crippen LogP) is 1.08. The Balaban J connectivity index is 1.76. The highest BCUT2D eigenvalue weighted by atomic mass is 16.5. The Kier molecular flexibility index (Phi) is 2.54. The van der Waals surface area contributed by atoms with Crippen LogP contribution in [0, 0.1) is 5.92 Å². The smallest absolute Gasteiger partial charge is 0.223 e. The highest BCUT2D eigenvalue weighted by molar-refractivity contribution is 5.81. The SMILES string of the molecule is CC1CC(NC(=O)C2CC2)CCO1. The summed E-state index contributed by atoms with van der Waals surface area (Å²) in [5.74, 6) is 0.595. The number of nitrogens with one attached hydrogen (secondary N) is 1. The zero-order chi connectivity index (χ0) is 9.26. The zero-order valence-electron chi connectivity index (χ0n) is 8.08. The van der Waals surface area contributed by atoms with Crippen molar-refractivity contribution in [2.45, 2.75) is 44.8 Å². The molecule has 3 nitrogen and oxygen atoms in total. The second-order valence-corrected chi connectivity index (χ2v) is 4.19. The molecule has 1 amide bonds. The van der Waals surface area contributed by atoms with Gasteiger partial charge in [0.1, 0.15) is 0 Å². The average Bonchev–Trinajstić information content (AvgIpc) is 2.85. The van der Waals surface area contributed by atoms with E-state index in [0.29, 0.717) is 18.1 Å². The molecular weight excluding hydrogens is 166 g/mol. The van der Waals surface area contributed by atoms with Crippen LogP contribution in [0.4, 0.5) is 0 Å². The normalized spacial score (nSPS) is 34.2. The van der Waals surface area contributed by atoms with Crippen molar-refractivity contribution in [3.05, 3.63) is 0 Å². The molecule has 2 atom stereocenters. The molecule has 13 heavy (non-hydrogen) atoms. The van der Waals surface area contributed by atoms with E-state index in [4.69, 9.17) is 4.74 Å². The fourth-order valence-corrected chi connectivity index (χ4v) is 1.79. The minimum absolute atomic E-state index is 0.263. The summed E-state index contributed by atoms with van der Waals surface area (Å²) in [5.41, 5.74) is 0. The van der Waals surface area contributed by atoms with E-state index in [0.717, 1.165) is 32.3 Å². The molecule has 0 aromatic rings. The molecule has 1 saturated heterocycles. The first-order valence-electron chi connectivity index (χ1n) is 5.17. The predicted molar refractivity (Wildman–Crippen MR) is 49.3 cm³/mol. The Morgan fingerprint density at radius 1 is 1.38 bits per heavy atom. The van der Waals surface area contributed by atoms with Crippen LogP contribution in [0.3, 0.4) is 0 Å². The van der Waals surface area contributed by atoms with E-state index in [1.54, 1.807) is 0 Å². The maximum Gasteiger partial charge on any atom is 0.223 e. The van der Waals surface area contributed by atoms with Crippen LogP contribution in [0.25, 0.3) is 0 Å². The Bertz CT molecular complexity index is 201. The Morgan fingerprint density at radius 3 is 2.77 bits per heavy atom. The third kappa shape index (κ3) is 2.44. The van der Waals surface area contributed by atoms with E-state index in [1.807, 2.05) is 0 Å². The molecule has 2 rings (SSSR count). The van der Waals surface area contributed by atoms with Gasteiger partial charge in [-0.05, 0) is 32.6 Å². The third-order valence-electron chi connectivity index (χ3n) is 2.78. The Labute approximate surface area is 78.8 Å². The lowest BCUT2D eigenvalue weighted by Crippen LogP contribution is -2.41. The molecule has 1 aliphatic heterocycles. The number of amides is 1. The monoisotopic (exact) mass is 183 g/mol. The number of ether oxygens (including phenoxy) is 1. The first kappa shape index (κ1) is 9.00. The van der Waals surface area contributed by atoms with Crippen LogP contribution < -0.4 is 5.32 Å². The number of carbonyl (C=O) groups excluding carboxylic acids is 1. The molecule has 1 aliphatic carbocycles. The van der Waals surface area contributed by atoms with Gasteiger partial charge < -0.3 is 10.1 Å². The fraction of sp³-hybridized carbons (Fsp3) is 0.900. The summed E-state index contributed by atoms with van der Waals surface area (Å²) in [7, 11) is 0. The van der Waals surface area contributed by atoms with Crippen molar-refractivity contribution in [3.8, 4) is 0 Å². The Morgan fingerprint density at radius 2 is 2.15 bits per heavy atom. The summed E-state index contributed by atoms with van der Waals surface area (Å²) in [6.07, 6.45) is 4.43. The van der Waals surface area contributed by atoms with Crippen molar-refractivity contribution >= 4 is 5.91 Å². The van der Waals surface area contributed by atoms with Crippen molar-refractivity contribution < 1.29 is 9.53 Å². The van der Waals surface area contributed by atoms with E-state index in [-0.39, 0.29) is 5.91 Å². The van der Waals surface area contributed by atoms with E-state index < -0.39 is 0 Å². The van der Waals surface area contributed by atoms with Gasteiger partial charge in [-0.2, -0.15) is 0 Å². The second-order valence-electron chi connectivity index (χ2n) is 4.19. The minimum Gasteiger partial charge on any atom is -0.378 e. The van der Waals surface area contributed by atoms with Gasteiger partial charge in [-0.1, -0.05) is 0 Å². The van der Waals surface area contributed by atoms with Crippen LogP contribution in [0.2, 0.25) is 0 Å². The maximum atomic E-state index is 11.4. The van der Waals surface area contributed by atoms with Crippen molar-refractivity contribution in [3.63, 3.8) is 0 Å². The van der Waals surface area contributed by atoms with E-state index in [2.05, 4.69) is 12.2 Å². The van der Waals surface area contributed by atoms with Crippen molar-refractivity contribution in [1.29, 1.82) is 0 Å². The van der Waals surface area contributed by atoms with Crippen LogP contribution >= 0.6 is 0 Å². The van der Waals surface area contributed by atoms with Crippen molar-refractivity contribution in [2.75, 3.05) is 6.61 Å². The molecule has 0 bridgehead atoms. The molecule has 0 spiro atoms. The molecule has 0 radical (unpaired) electrons. The van der Waals surface area contributed by atoms with Gasteiger partial charge in [0.2, 0.25) is 5.91 Å². The van der Waals surface area contributed by atoms with Crippen LogP contribution in [0.5, 0.6) is 0 Å². The summed E-state index contributed by atoms with van der Waals surface area (Å²) in [4.78, 5) is 11.4. The topological polar surface area (TPSA) is 38.3 Å². The molecule has 3 heteroatoms. The molecule has 2 unspecified atom stereocenters. The molecule has 1 heterocycles. The quantitative estimate of drug-likeness (QED) is 0.695. The van der Waals surface area contributed by atoms with Crippen molar-refractivity contribution in [2.24, 2.45) is 5.92 Å².